The Bertz CT molecular complexity index is 1180. The average molecular weight is 464 g/mol. The first-order valence-corrected chi connectivity index (χ1v) is 11.5. The molecular formula is C26H25NO5S. The summed E-state index contributed by atoms with van der Waals surface area (Å²) in [5.41, 5.74) is 1.19. The molecule has 4 rings (SSSR count). The van der Waals surface area contributed by atoms with Gasteiger partial charge in [-0.25, -0.2) is 0 Å². The molecule has 0 saturated carbocycles. The highest BCUT2D eigenvalue weighted by Gasteiger charge is 2.46. The van der Waals surface area contributed by atoms with Gasteiger partial charge in [0.05, 0.1) is 31.4 Å². The second-order valence-corrected chi connectivity index (χ2v) is 9.01. The van der Waals surface area contributed by atoms with Gasteiger partial charge in [-0.05, 0) is 55.1 Å². The number of Topliss-reactive ketones (excluding diaryl/α,β-unsaturated/α-hetero) is 1. The number of aliphatic hydroxyl groups excluding tert-OH is 1. The summed E-state index contributed by atoms with van der Waals surface area (Å²) >= 11 is 1.51. The van der Waals surface area contributed by atoms with E-state index in [0.29, 0.717) is 22.6 Å². The van der Waals surface area contributed by atoms with Crippen LogP contribution in [0, 0.1) is 0 Å². The smallest absolute Gasteiger partial charge is 0.295 e. The van der Waals surface area contributed by atoms with Gasteiger partial charge in [-0.1, -0.05) is 30.3 Å². The molecule has 1 unspecified atom stereocenters. The van der Waals surface area contributed by atoms with Gasteiger partial charge in [-0.3, -0.25) is 9.59 Å². The van der Waals surface area contributed by atoms with Crippen LogP contribution >= 0.6 is 11.3 Å². The Morgan fingerprint density at radius 2 is 1.82 bits per heavy atom. The quantitative estimate of drug-likeness (QED) is 0.297. The predicted molar refractivity (Wildman–Crippen MR) is 127 cm³/mol. The second kappa shape index (κ2) is 9.50. The predicted octanol–water partition coefficient (Wildman–Crippen LogP) is 5.17. The summed E-state index contributed by atoms with van der Waals surface area (Å²) < 4.78 is 11.0. The third kappa shape index (κ3) is 4.64. The molecule has 1 fully saturated rings. The average Bonchev–Trinajstić information content (AvgIpc) is 3.41. The van der Waals surface area contributed by atoms with E-state index in [9.17, 15) is 14.7 Å². The molecule has 0 aliphatic carbocycles. The van der Waals surface area contributed by atoms with Crippen LogP contribution in [0.15, 0.2) is 71.6 Å². The number of benzene rings is 2. The Morgan fingerprint density at radius 3 is 2.45 bits per heavy atom. The Balaban J connectivity index is 1.83. The first kappa shape index (κ1) is 22.6. The highest BCUT2D eigenvalue weighted by molar-refractivity contribution is 7.09. The van der Waals surface area contributed by atoms with E-state index < -0.39 is 17.7 Å². The van der Waals surface area contributed by atoms with Crippen molar-refractivity contribution in [1.82, 2.24) is 4.90 Å². The molecule has 1 saturated heterocycles. The van der Waals surface area contributed by atoms with Gasteiger partial charge in [0.1, 0.15) is 17.3 Å². The molecule has 1 atom stereocenters. The lowest BCUT2D eigenvalue weighted by Gasteiger charge is -2.25. The Hall–Kier alpha value is -3.58. The van der Waals surface area contributed by atoms with Gasteiger partial charge >= 0.3 is 0 Å². The molecule has 2 aromatic carbocycles. The maximum absolute atomic E-state index is 13.2. The molecule has 0 bridgehead atoms. The number of methoxy groups -OCH3 is 1. The van der Waals surface area contributed by atoms with Crippen molar-refractivity contribution in [1.29, 1.82) is 0 Å². The van der Waals surface area contributed by atoms with E-state index in [1.165, 1.54) is 16.2 Å². The molecule has 1 amide bonds. The van der Waals surface area contributed by atoms with Crippen molar-refractivity contribution < 1.29 is 24.2 Å². The van der Waals surface area contributed by atoms with E-state index in [2.05, 4.69) is 0 Å². The summed E-state index contributed by atoms with van der Waals surface area (Å²) in [6.45, 7) is 4.09. The summed E-state index contributed by atoms with van der Waals surface area (Å²) in [5, 5.41) is 13.2. The van der Waals surface area contributed by atoms with E-state index in [0.717, 1.165) is 4.88 Å². The van der Waals surface area contributed by atoms with Crippen LogP contribution in [-0.4, -0.2) is 34.9 Å². The first-order chi connectivity index (χ1) is 15.9. The summed E-state index contributed by atoms with van der Waals surface area (Å²) in [6.07, 6.45) is -0.0435. The van der Waals surface area contributed by atoms with Crippen LogP contribution in [0.25, 0.3) is 5.76 Å². The molecule has 7 heteroatoms. The maximum Gasteiger partial charge on any atom is 0.295 e. The van der Waals surface area contributed by atoms with Crippen molar-refractivity contribution in [2.24, 2.45) is 0 Å². The molecule has 170 valence electrons. The van der Waals surface area contributed by atoms with Gasteiger partial charge < -0.3 is 19.5 Å². The molecule has 6 nitrogen and oxygen atoms in total. The van der Waals surface area contributed by atoms with Gasteiger partial charge in [0.25, 0.3) is 11.7 Å². The zero-order valence-corrected chi connectivity index (χ0v) is 19.5. The number of ketones is 1. The molecule has 1 aromatic heterocycles. The maximum atomic E-state index is 13.2. The fourth-order valence-corrected chi connectivity index (χ4v) is 4.59. The third-order valence-corrected chi connectivity index (χ3v) is 6.22. The SMILES string of the molecule is COc1ccc(C2/C(=C(/O)c3cccc(OC(C)C)c3)C(=O)C(=O)N2Cc2cccs2)cc1. The van der Waals surface area contributed by atoms with Crippen LogP contribution in [0.5, 0.6) is 11.5 Å². The van der Waals surface area contributed by atoms with Gasteiger partial charge in [0.15, 0.2) is 0 Å². The number of carbonyl (C=O) groups excluding carboxylic acids is 2. The number of amides is 1. The van der Waals surface area contributed by atoms with Gasteiger partial charge in [-0.2, -0.15) is 0 Å². The standard InChI is InChI=1S/C26H25NO5S/c1-16(2)32-20-7-4-6-18(14-20)24(28)22-23(17-9-11-19(31-3)12-10-17)27(26(30)25(22)29)15-21-8-5-13-33-21/h4-14,16,23,28H,15H2,1-3H3/b24-22-. The van der Waals surface area contributed by atoms with Crippen LogP contribution in [0.1, 0.15) is 35.9 Å². The Morgan fingerprint density at radius 1 is 1.06 bits per heavy atom. The Kier molecular flexibility index (Phi) is 6.51. The largest absolute Gasteiger partial charge is 0.507 e. The van der Waals surface area contributed by atoms with Crippen molar-refractivity contribution >= 4 is 28.8 Å². The zero-order chi connectivity index (χ0) is 23.5. The van der Waals surface area contributed by atoms with E-state index >= 15 is 0 Å². The molecular weight excluding hydrogens is 438 g/mol. The van der Waals surface area contributed by atoms with Crippen molar-refractivity contribution in [3.05, 3.63) is 87.6 Å². The number of aliphatic hydroxyl groups is 1. The van der Waals surface area contributed by atoms with Crippen molar-refractivity contribution in [3.8, 4) is 11.5 Å². The highest BCUT2D eigenvalue weighted by Crippen LogP contribution is 2.41. The summed E-state index contributed by atoms with van der Waals surface area (Å²) in [4.78, 5) is 28.7. The molecule has 1 N–H and O–H groups in total. The first-order valence-electron chi connectivity index (χ1n) is 10.6. The number of rotatable bonds is 7. The monoisotopic (exact) mass is 463 g/mol. The lowest BCUT2D eigenvalue weighted by atomic mass is 9.95. The molecule has 1 aliphatic rings. The highest BCUT2D eigenvalue weighted by atomic mass is 32.1. The van der Waals surface area contributed by atoms with Crippen molar-refractivity contribution in [3.63, 3.8) is 0 Å². The Labute approximate surface area is 196 Å². The van der Waals surface area contributed by atoms with E-state index in [1.807, 2.05) is 43.5 Å². The number of hydrogen-bond acceptors (Lipinski definition) is 6. The fourth-order valence-electron chi connectivity index (χ4n) is 3.89. The molecule has 3 aromatic rings. The van der Waals surface area contributed by atoms with E-state index in [1.54, 1.807) is 43.5 Å². The number of likely N-dealkylation sites (tertiary alicyclic amines) is 1. The van der Waals surface area contributed by atoms with E-state index in [-0.39, 0.29) is 24.0 Å². The minimum atomic E-state index is -0.729. The van der Waals surface area contributed by atoms with Crippen molar-refractivity contribution in [2.75, 3.05) is 7.11 Å². The minimum absolute atomic E-state index is 0.0435. The van der Waals surface area contributed by atoms with Crippen molar-refractivity contribution in [2.45, 2.75) is 32.5 Å². The second-order valence-electron chi connectivity index (χ2n) is 7.97. The number of ether oxygens (including phenoxy) is 2. The normalized spacial score (nSPS) is 17.6. The summed E-state index contributed by atoms with van der Waals surface area (Å²) in [6, 6.07) is 17.2. The fraction of sp³-hybridized carbons (Fsp3) is 0.231. The van der Waals surface area contributed by atoms with Gasteiger partial charge in [-0.15, -0.1) is 11.3 Å². The molecule has 0 radical (unpaired) electrons. The van der Waals surface area contributed by atoms with Crippen LogP contribution in [0.3, 0.4) is 0 Å². The zero-order valence-electron chi connectivity index (χ0n) is 18.6. The van der Waals surface area contributed by atoms with Crippen LogP contribution in [0.4, 0.5) is 0 Å². The lowest BCUT2D eigenvalue weighted by molar-refractivity contribution is -0.140. The van der Waals surface area contributed by atoms with Crippen LogP contribution in [0.2, 0.25) is 0 Å². The molecule has 1 aliphatic heterocycles. The van der Waals surface area contributed by atoms with Gasteiger partial charge in [0.2, 0.25) is 0 Å². The summed E-state index contributed by atoms with van der Waals surface area (Å²) in [7, 11) is 1.57. The lowest BCUT2D eigenvalue weighted by Crippen LogP contribution is -2.28. The van der Waals surface area contributed by atoms with Crippen LogP contribution < -0.4 is 9.47 Å². The summed E-state index contributed by atoms with van der Waals surface area (Å²) in [5.74, 6) is -0.340. The van der Waals surface area contributed by atoms with Crippen LogP contribution in [-0.2, 0) is 16.1 Å². The molecule has 0 spiro atoms. The third-order valence-electron chi connectivity index (χ3n) is 5.36. The minimum Gasteiger partial charge on any atom is -0.507 e. The number of thiophene rings is 1. The molecule has 33 heavy (non-hydrogen) atoms. The number of nitrogens with zero attached hydrogens (tertiary/aromatic N) is 1. The molecule has 2 heterocycles. The topological polar surface area (TPSA) is 76.1 Å². The van der Waals surface area contributed by atoms with E-state index in [4.69, 9.17) is 9.47 Å². The number of carbonyl (C=O) groups is 2. The number of hydrogen-bond donors (Lipinski definition) is 1. The van der Waals surface area contributed by atoms with Gasteiger partial charge in [0, 0.05) is 10.4 Å².